The van der Waals surface area contributed by atoms with E-state index in [1.165, 1.54) is 12.1 Å². The first-order valence-corrected chi connectivity index (χ1v) is 6.69. The van der Waals surface area contributed by atoms with Crippen LogP contribution in [0, 0.1) is 6.92 Å². The maximum atomic E-state index is 12.9. The van der Waals surface area contributed by atoms with Crippen molar-refractivity contribution in [3.05, 3.63) is 57.8 Å². The smallest absolute Gasteiger partial charge is 0.320 e. The first kappa shape index (κ1) is 15.5. The topological polar surface area (TPSA) is 42.0 Å². The molecule has 0 aliphatic rings. The zero-order valence-corrected chi connectivity index (χ0v) is 12.4. The number of aryl methyl sites for hydroxylation is 1. The van der Waals surface area contributed by atoms with Crippen LogP contribution in [-0.2, 0) is 6.18 Å². The quantitative estimate of drug-likeness (QED) is 0.807. The molecule has 2 aromatic rings. The molecule has 0 saturated carbocycles. The standard InChI is InChI=1S/C14H10BrF3N2O/c1-8-11(6-7-12(15)19-8)20-13(21)9-4-2-3-5-10(9)14(16,17)18/h2-7H,1H3,(H,20,21). The number of amides is 1. The van der Waals surface area contributed by atoms with Crippen molar-refractivity contribution in [2.24, 2.45) is 0 Å². The molecule has 0 aliphatic heterocycles. The van der Waals surface area contributed by atoms with Crippen LogP contribution in [-0.4, -0.2) is 10.9 Å². The van der Waals surface area contributed by atoms with Gasteiger partial charge in [0, 0.05) is 0 Å². The van der Waals surface area contributed by atoms with E-state index in [9.17, 15) is 18.0 Å². The van der Waals surface area contributed by atoms with Gasteiger partial charge in [0.1, 0.15) is 4.60 Å². The fraction of sp³-hybridized carbons (Fsp3) is 0.143. The summed E-state index contributed by atoms with van der Waals surface area (Å²) >= 11 is 3.17. The second-order valence-corrected chi connectivity index (χ2v) is 5.08. The number of carbonyl (C=O) groups is 1. The van der Waals surface area contributed by atoms with E-state index in [-0.39, 0.29) is 0 Å². The molecule has 1 amide bonds. The molecule has 0 bridgehead atoms. The number of nitrogens with zero attached hydrogens (tertiary/aromatic N) is 1. The van der Waals surface area contributed by atoms with Crippen molar-refractivity contribution in [3.63, 3.8) is 0 Å². The van der Waals surface area contributed by atoms with Gasteiger partial charge in [-0.3, -0.25) is 4.79 Å². The highest BCUT2D eigenvalue weighted by atomic mass is 79.9. The number of halogens is 4. The van der Waals surface area contributed by atoms with Crippen LogP contribution in [0.3, 0.4) is 0 Å². The lowest BCUT2D eigenvalue weighted by molar-refractivity contribution is -0.137. The summed E-state index contributed by atoms with van der Waals surface area (Å²) in [4.78, 5) is 16.1. The van der Waals surface area contributed by atoms with Crippen LogP contribution >= 0.6 is 15.9 Å². The molecule has 0 atom stereocenters. The van der Waals surface area contributed by atoms with Crippen molar-refractivity contribution in [2.75, 3.05) is 5.32 Å². The third-order valence-electron chi connectivity index (χ3n) is 2.78. The molecule has 1 aromatic carbocycles. The summed E-state index contributed by atoms with van der Waals surface area (Å²) in [6.45, 7) is 1.65. The van der Waals surface area contributed by atoms with Gasteiger partial charge in [-0.2, -0.15) is 13.2 Å². The molecule has 2 rings (SSSR count). The third-order valence-corrected chi connectivity index (χ3v) is 3.22. The lowest BCUT2D eigenvalue weighted by Crippen LogP contribution is -2.19. The second-order valence-electron chi connectivity index (χ2n) is 4.26. The summed E-state index contributed by atoms with van der Waals surface area (Å²) in [5, 5.41) is 2.44. The maximum absolute atomic E-state index is 12.9. The van der Waals surface area contributed by atoms with Crippen molar-refractivity contribution in [1.82, 2.24) is 4.98 Å². The van der Waals surface area contributed by atoms with Crippen molar-refractivity contribution in [3.8, 4) is 0 Å². The summed E-state index contributed by atoms with van der Waals surface area (Å²) in [6.07, 6.45) is -4.58. The van der Waals surface area contributed by atoms with Crippen LogP contribution in [0.2, 0.25) is 0 Å². The molecule has 0 radical (unpaired) electrons. The SMILES string of the molecule is Cc1nc(Br)ccc1NC(=O)c1ccccc1C(F)(F)F. The predicted octanol–water partition coefficient (Wildman–Crippen LogP) is 4.42. The summed E-state index contributed by atoms with van der Waals surface area (Å²) in [5.41, 5.74) is -0.528. The van der Waals surface area contributed by atoms with E-state index < -0.39 is 23.2 Å². The van der Waals surface area contributed by atoms with Gasteiger partial charge in [0.15, 0.2) is 0 Å². The summed E-state index contributed by atoms with van der Waals surface area (Å²) in [6, 6.07) is 7.81. The highest BCUT2D eigenvalue weighted by Gasteiger charge is 2.34. The van der Waals surface area contributed by atoms with Crippen LogP contribution < -0.4 is 5.32 Å². The Bertz CT molecular complexity index is 686. The van der Waals surface area contributed by atoms with Gasteiger partial charge >= 0.3 is 6.18 Å². The minimum atomic E-state index is -4.58. The van der Waals surface area contributed by atoms with Crippen molar-refractivity contribution in [1.29, 1.82) is 0 Å². The largest absolute Gasteiger partial charge is 0.417 e. The van der Waals surface area contributed by atoms with Gasteiger partial charge in [0.25, 0.3) is 5.91 Å². The first-order valence-electron chi connectivity index (χ1n) is 5.90. The minimum Gasteiger partial charge on any atom is -0.320 e. The molecule has 21 heavy (non-hydrogen) atoms. The van der Waals surface area contributed by atoms with Crippen LogP contribution in [0.25, 0.3) is 0 Å². The Kier molecular flexibility index (Phi) is 4.32. The number of hydrogen-bond donors (Lipinski definition) is 1. The first-order chi connectivity index (χ1) is 9.79. The van der Waals surface area contributed by atoms with E-state index in [0.717, 1.165) is 12.1 Å². The Morgan fingerprint density at radius 1 is 1.19 bits per heavy atom. The number of hydrogen-bond acceptors (Lipinski definition) is 2. The number of alkyl halides is 3. The number of carbonyl (C=O) groups excluding carboxylic acids is 1. The average Bonchev–Trinajstić information content (AvgIpc) is 2.41. The summed E-state index contributed by atoms with van der Waals surface area (Å²) in [5.74, 6) is -0.824. The molecule has 0 fully saturated rings. The molecular weight excluding hydrogens is 349 g/mol. The van der Waals surface area contributed by atoms with Gasteiger partial charge in [-0.15, -0.1) is 0 Å². The van der Waals surface area contributed by atoms with E-state index in [2.05, 4.69) is 26.2 Å². The lowest BCUT2D eigenvalue weighted by Gasteiger charge is -2.13. The van der Waals surface area contributed by atoms with Crippen LogP contribution in [0.4, 0.5) is 18.9 Å². The molecule has 1 heterocycles. The summed E-state index contributed by atoms with van der Waals surface area (Å²) in [7, 11) is 0. The lowest BCUT2D eigenvalue weighted by atomic mass is 10.1. The molecule has 0 unspecified atom stereocenters. The van der Waals surface area contributed by atoms with Crippen molar-refractivity contribution in [2.45, 2.75) is 13.1 Å². The average molecular weight is 359 g/mol. The maximum Gasteiger partial charge on any atom is 0.417 e. The summed E-state index contributed by atoms with van der Waals surface area (Å²) < 4.78 is 39.2. The second kappa shape index (κ2) is 5.85. The molecule has 0 aliphatic carbocycles. The van der Waals surface area contributed by atoms with E-state index in [1.807, 2.05) is 0 Å². The Hall–Kier alpha value is -1.89. The number of benzene rings is 1. The number of anilines is 1. The molecule has 0 spiro atoms. The highest BCUT2D eigenvalue weighted by Crippen LogP contribution is 2.32. The highest BCUT2D eigenvalue weighted by molar-refractivity contribution is 9.10. The molecule has 3 nitrogen and oxygen atoms in total. The van der Waals surface area contributed by atoms with E-state index in [1.54, 1.807) is 19.1 Å². The monoisotopic (exact) mass is 358 g/mol. The molecule has 1 N–H and O–H groups in total. The van der Waals surface area contributed by atoms with E-state index in [4.69, 9.17) is 0 Å². The zero-order valence-electron chi connectivity index (χ0n) is 10.8. The fourth-order valence-corrected chi connectivity index (χ4v) is 2.18. The number of nitrogens with one attached hydrogen (secondary N) is 1. The zero-order chi connectivity index (χ0) is 15.6. The molecule has 1 aromatic heterocycles. The van der Waals surface area contributed by atoms with E-state index in [0.29, 0.717) is 16.0 Å². The predicted molar refractivity (Wildman–Crippen MR) is 76.1 cm³/mol. The van der Waals surface area contributed by atoms with Crippen LogP contribution in [0.15, 0.2) is 41.0 Å². The van der Waals surface area contributed by atoms with E-state index >= 15 is 0 Å². The van der Waals surface area contributed by atoms with Gasteiger partial charge in [0.05, 0.1) is 22.5 Å². The Balaban J connectivity index is 2.33. The van der Waals surface area contributed by atoms with Gasteiger partial charge in [-0.1, -0.05) is 12.1 Å². The molecule has 7 heteroatoms. The minimum absolute atomic E-state index is 0.361. The van der Waals surface area contributed by atoms with Gasteiger partial charge in [-0.05, 0) is 47.1 Å². The van der Waals surface area contributed by atoms with Crippen LogP contribution in [0.5, 0.6) is 0 Å². The Morgan fingerprint density at radius 3 is 2.48 bits per heavy atom. The van der Waals surface area contributed by atoms with Crippen molar-refractivity contribution >= 4 is 27.5 Å². The molecular formula is C14H10BrF3N2O. The van der Waals surface area contributed by atoms with Gasteiger partial charge < -0.3 is 5.32 Å². The number of pyridine rings is 1. The van der Waals surface area contributed by atoms with Crippen molar-refractivity contribution < 1.29 is 18.0 Å². The Morgan fingerprint density at radius 2 is 1.86 bits per heavy atom. The van der Waals surface area contributed by atoms with Crippen LogP contribution in [0.1, 0.15) is 21.6 Å². The number of aromatic nitrogens is 1. The normalized spacial score (nSPS) is 11.3. The van der Waals surface area contributed by atoms with Gasteiger partial charge in [0.2, 0.25) is 0 Å². The number of rotatable bonds is 2. The molecule has 0 saturated heterocycles. The van der Waals surface area contributed by atoms with Gasteiger partial charge in [-0.25, -0.2) is 4.98 Å². The Labute approximate surface area is 127 Å². The fourth-order valence-electron chi connectivity index (χ4n) is 1.78. The third kappa shape index (κ3) is 3.60. The molecule has 110 valence electrons.